The fraction of sp³-hybridized carbons (Fsp3) is 0.929. The van der Waals surface area contributed by atoms with Crippen molar-refractivity contribution in [1.82, 2.24) is 20.3 Å². The molecule has 0 amide bonds. The molecule has 3 N–H and O–H groups in total. The molecule has 0 aromatic carbocycles. The molecular weight excluding hydrogens is 340 g/mol. The molecule has 10 heteroatoms. The molecule has 142 valence electrons. The minimum absolute atomic E-state index is 0.163. The van der Waals surface area contributed by atoms with E-state index in [1.54, 1.807) is 25.8 Å². The van der Waals surface area contributed by atoms with E-state index in [0.29, 0.717) is 25.6 Å². The van der Waals surface area contributed by atoms with Crippen LogP contribution in [0.5, 0.6) is 0 Å². The number of nitrogens with one attached hydrogen (secondary N) is 3. The molecule has 24 heavy (non-hydrogen) atoms. The van der Waals surface area contributed by atoms with Gasteiger partial charge in [-0.25, -0.2) is 21.9 Å². The first-order valence-corrected chi connectivity index (χ1v) is 9.86. The average Bonchev–Trinajstić information content (AvgIpc) is 2.42. The van der Waals surface area contributed by atoms with Gasteiger partial charge in [0.2, 0.25) is 10.0 Å². The van der Waals surface area contributed by atoms with E-state index in [1.807, 2.05) is 0 Å². The third-order valence-corrected chi connectivity index (χ3v) is 4.63. The van der Waals surface area contributed by atoms with Crippen LogP contribution in [-0.4, -0.2) is 76.8 Å². The van der Waals surface area contributed by atoms with Crippen molar-refractivity contribution in [3.8, 4) is 0 Å². The number of hydrogen-bond donors (Lipinski definition) is 3. The normalized spacial score (nSPS) is 18.9. The van der Waals surface area contributed by atoms with Crippen LogP contribution in [0, 0.1) is 0 Å². The van der Waals surface area contributed by atoms with Gasteiger partial charge in [-0.3, -0.25) is 9.89 Å². The van der Waals surface area contributed by atoms with Gasteiger partial charge in [-0.05, 0) is 26.7 Å². The Labute approximate surface area is 143 Å². The fourth-order valence-electron chi connectivity index (χ4n) is 2.69. The largest absolute Gasteiger partial charge is 0.355 e. The molecule has 1 aliphatic heterocycles. The van der Waals surface area contributed by atoms with Gasteiger partial charge in [0, 0.05) is 38.3 Å². The Morgan fingerprint density at radius 2 is 1.92 bits per heavy atom. The highest BCUT2D eigenvalue weighted by Gasteiger charge is 2.24. The van der Waals surface area contributed by atoms with E-state index in [9.17, 15) is 17.2 Å². The average molecular weight is 369 g/mol. The first-order valence-electron chi connectivity index (χ1n) is 7.97. The monoisotopic (exact) mass is 369 g/mol. The molecule has 0 aliphatic carbocycles. The Morgan fingerprint density at radius 3 is 2.38 bits per heavy atom. The highest BCUT2D eigenvalue weighted by Crippen LogP contribution is 2.12. The van der Waals surface area contributed by atoms with Gasteiger partial charge in [-0.2, -0.15) is 0 Å². The lowest BCUT2D eigenvalue weighted by molar-refractivity contribution is 0.0744. The molecule has 0 aromatic heterocycles. The van der Waals surface area contributed by atoms with E-state index >= 15 is 0 Å². The Kier molecular flexibility index (Phi) is 7.81. The van der Waals surface area contributed by atoms with Crippen molar-refractivity contribution in [1.29, 1.82) is 0 Å². The third kappa shape index (κ3) is 8.74. The zero-order valence-corrected chi connectivity index (χ0v) is 15.6. The summed E-state index contributed by atoms with van der Waals surface area (Å²) in [6.45, 7) is 4.99. The van der Waals surface area contributed by atoms with E-state index < -0.39 is 22.0 Å². The van der Waals surface area contributed by atoms with Crippen LogP contribution < -0.4 is 15.4 Å². The Morgan fingerprint density at radius 1 is 1.33 bits per heavy atom. The number of aliphatic imine (C=N–C) groups is 1. The fourth-order valence-corrected chi connectivity index (χ4v) is 3.76. The van der Waals surface area contributed by atoms with Crippen molar-refractivity contribution < 1.29 is 17.2 Å². The molecule has 1 heterocycles. The molecule has 0 atom stereocenters. The summed E-state index contributed by atoms with van der Waals surface area (Å²) in [6, 6.07) is 0.163. The summed E-state index contributed by atoms with van der Waals surface area (Å²) in [7, 11) is -1.66. The summed E-state index contributed by atoms with van der Waals surface area (Å²) < 4.78 is 50.0. The maximum atomic E-state index is 12.4. The summed E-state index contributed by atoms with van der Waals surface area (Å²) in [5.74, 6) is 0.575. The van der Waals surface area contributed by atoms with E-state index in [-0.39, 0.29) is 12.6 Å². The molecule has 1 saturated heterocycles. The van der Waals surface area contributed by atoms with Crippen molar-refractivity contribution >= 4 is 16.0 Å². The second kappa shape index (κ2) is 8.91. The molecule has 0 unspecified atom stereocenters. The number of halogens is 2. The molecule has 0 spiro atoms. The molecule has 0 saturated carbocycles. The van der Waals surface area contributed by atoms with Crippen LogP contribution in [-0.2, 0) is 10.0 Å². The van der Waals surface area contributed by atoms with E-state index in [1.165, 1.54) is 0 Å². The van der Waals surface area contributed by atoms with Crippen molar-refractivity contribution in [2.75, 3.05) is 39.5 Å². The second-order valence-corrected chi connectivity index (χ2v) is 8.54. The highest BCUT2D eigenvalue weighted by atomic mass is 32.2. The second-order valence-electron chi connectivity index (χ2n) is 6.79. The lowest BCUT2D eigenvalue weighted by Gasteiger charge is -2.33. The van der Waals surface area contributed by atoms with Gasteiger partial charge in [-0.1, -0.05) is 0 Å². The number of hydrogen-bond acceptors (Lipinski definition) is 4. The van der Waals surface area contributed by atoms with Gasteiger partial charge < -0.3 is 10.6 Å². The van der Waals surface area contributed by atoms with Crippen molar-refractivity contribution in [2.45, 2.75) is 44.7 Å². The van der Waals surface area contributed by atoms with Crippen LogP contribution in [0.3, 0.4) is 0 Å². The molecular formula is C14H29F2N5O2S. The first-order chi connectivity index (χ1) is 11.0. The number of piperidine rings is 1. The van der Waals surface area contributed by atoms with Gasteiger partial charge in [0.15, 0.2) is 5.96 Å². The number of rotatable bonds is 7. The minimum Gasteiger partial charge on any atom is -0.355 e. The number of nitrogens with zero attached hydrogens (tertiary/aromatic N) is 2. The smallest absolute Gasteiger partial charge is 0.251 e. The summed E-state index contributed by atoms with van der Waals surface area (Å²) in [5, 5.41) is 6.36. The van der Waals surface area contributed by atoms with Gasteiger partial charge >= 0.3 is 0 Å². The molecule has 1 rings (SSSR count). The maximum absolute atomic E-state index is 12.4. The van der Waals surface area contributed by atoms with Crippen molar-refractivity contribution in [2.24, 2.45) is 4.99 Å². The molecule has 0 aromatic rings. The summed E-state index contributed by atoms with van der Waals surface area (Å²) in [4.78, 5) is 5.89. The van der Waals surface area contributed by atoms with Crippen LogP contribution in [0.4, 0.5) is 8.78 Å². The van der Waals surface area contributed by atoms with E-state index in [4.69, 9.17) is 0 Å². The lowest BCUT2D eigenvalue weighted by Crippen LogP contribution is -2.55. The van der Waals surface area contributed by atoms with Crippen molar-refractivity contribution in [3.63, 3.8) is 0 Å². The highest BCUT2D eigenvalue weighted by molar-refractivity contribution is 7.88. The van der Waals surface area contributed by atoms with Crippen LogP contribution >= 0.6 is 0 Å². The SMILES string of the molecule is CN=C(NCC(C)(C)NS(C)(=O)=O)NC1CCN(CC(F)F)CC1. The minimum atomic E-state index is -3.30. The standard InChI is InChI=1S/C14H29F2N5O2S/c1-14(2,20-24(4,22)23)10-18-13(17-3)19-11-5-7-21(8-6-11)9-12(15)16/h11-12,20H,5-10H2,1-4H3,(H2,17,18,19). The van der Waals surface area contributed by atoms with Crippen LogP contribution in [0.25, 0.3) is 0 Å². The molecule has 0 radical (unpaired) electrons. The Hall–Kier alpha value is -1.00. The first kappa shape index (κ1) is 21.0. The predicted octanol–water partition coefficient (Wildman–Crippen LogP) is 0.209. The third-order valence-electron chi connectivity index (χ3n) is 3.71. The van der Waals surface area contributed by atoms with E-state index in [0.717, 1.165) is 19.1 Å². The lowest BCUT2D eigenvalue weighted by atomic mass is 10.1. The van der Waals surface area contributed by atoms with Gasteiger partial charge in [-0.15, -0.1) is 0 Å². The number of guanidine groups is 1. The number of alkyl halides is 2. The van der Waals surface area contributed by atoms with Gasteiger partial charge in [0.25, 0.3) is 6.43 Å². The van der Waals surface area contributed by atoms with Crippen LogP contribution in [0.1, 0.15) is 26.7 Å². The Bertz CT molecular complexity index is 517. The summed E-state index contributed by atoms with van der Waals surface area (Å²) in [6.07, 6.45) is 0.347. The topological polar surface area (TPSA) is 85.8 Å². The van der Waals surface area contributed by atoms with Gasteiger partial charge in [0.1, 0.15) is 0 Å². The molecule has 1 fully saturated rings. The summed E-state index contributed by atoms with van der Waals surface area (Å²) in [5.41, 5.74) is -0.661. The maximum Gasteiger partial charge on any atom is 0.251 e. The van der Waals surface area contributed by atoms with E-state index in [2.05, 4.69) is 20.3 Å². The number of sulfonamides is 1. The van der Waals surface area contributed by atoms with Crippen LogP contribution in [0.2, 0.25) is 0 Å². The number of likely N-dealkylation sites (tertiary alicyclic amines) is 1. The van der Waals surface area contributed by atoms with Crippen LogP contribution in [0.15, 0.2) is 4.99 Å². The summed E-state index contributed by atoms with van der Waals surface area (Å²) >= 11 is 0. The van der Waals surface area contributed by atoms with Crippen molar-refractivity contribution in [3.05, 3.63) is 0 Å². The zero-order valence-electron chi connectivity index (χ0n) is 14.8. The molecule has 7 nitrogen and oxygen atoms in total. The predicted molar refractivity (Wildman–Crippen MR) is 92.0 cm³/mol. The quantitative estimate of drug-likeness (QED) is 0.441. The molecule has 1 aliphatic rings. The van der Waals surface area contributed by atoms with Gasteiger partial charge in [0.05, 0.1) is 12.8 Å². The zero-order chi connectivity index (χ0) is 18.4. The Balaban J connectivity index is 2.41. The molecule has 0 bridgehead atoms.